The molecule has 4 rings (SSSR count). The summed E-state index contributed by atoms with van der Waals surface area (Å²) in [6.07, 6.45) is 4.50. The molecule has 3 aromatic carbocycles. The van der Waals surface area contributed by atoms with Crippen molar-refractivity contribution >= 4 is 22.7 Å². The van der Waals surface area contributed by atoms with E-state index in [-0.39, 0.29) is 17.5 Å². The minimum atomic E-state index is -0.989. The first-order valence-electron chi connectivity index (χ1n) is 9.76. The van der Waals surface area contributed by atoms with Crippen LogP contribution in [0.15, 0.2) is 72.3 Å². The number of esters is 1. The Morgan fingerprint density at radius 3 is 2.41 bits per heavy atom. The second kappa shape index (κ2) is 7.92. The molecule has 1 aliphatic rings. The Hall–Kier alpha value is -3.40. The molecule has 1 unspecified atom stereocenters. The number of fused-ring (bicyclic) bond motifs is 1. The average Bonchev–Trinajstić information content (AvgIpc) is 2.74. The largest absolute Gasteiger partial charge is 0.478 e. The van der Waals surface area contributed by atoms with Gasteiger partial charge in [0.2, 0.25) is 0 Å². The summed E-state index contributed by atoms with van der Waals surface area (Å²) in [6, 6.07) is 18.1. The lowest BCUT2D eigenvalue weighted by molar-refractivity contribution is -0.139. The molecule has 0 saturated carbocycles. The molecule has 0 bridgehead atoms. The van der Waals surface area contributed by atoms with Gasteiger partial charge in [-0.25, -0.2) is 4.79 Å². The van der Waals surface area contributed by atoms with Crippen molar-refractivity contribution in [3.63, 3.8) is 0 Å². The monoisotopic (exact) mass is 386 g/mol. The minimum absolute atomic E-state index is 0.146. The van der Waals surface area contributed by atoms with Crippen molar-refractivity contribution in [1.82, 2.24) is 0 Å². The van der Waals surface area contributed by atoms with Crippen LogP contribution in [-0.4, -0.2) is 17.0 Å². The lowest BCUT2D eigenvalue weighted by Crippen LogP contribution is -2.22. The smallest absolute Gasteiger partial charge is 0.336 e. The topological polar surface area (TPSA) is 63.6 Å². The lowest BCUT2D eigenvalue weighted by Gasteiger charge is -2.20. The summed E-state index contributed by atoms with van der Waals surface area (Å²) >= 11 is 0. The van der Waals surface area contributed by atoms with Crippen molar-refractivity contribution in [2.45, 2.75) is 26.2 Å². The molecule has 4 nitrogen and oxygen atoms in total. The third-order valence-corrected chi connectivity index (χ3v) is 5.50. The van der Waals surface area contributed by atoms with Crippen LogP contribution in [0.25, 0.3) is 21.9 Å². The molecule has 0 radical (unpaired) electrons. The Balaban J connectivity index is 1.79. The number of allylic oxidation sites excluding steroid dienone is 2. The van der Waals surface area contributed by atoms with Crippen LogP contribution >= 0.6 is 0 Å². The normalized spacial score (nSPS) is 16.3. The van der Waals surface area contributed by atoms with Crippen LogP contribution < -0.4 is 4.74 Å². The first kappa shape index (κ1) is 18.9. The summed E-state index contributed by atoms with van der Waals surface area (Å²) in [5.41, 5.74) is 2.87. The third-order valence-electron chi connectivity index (χ3n) is 5.50. The van der Waals surface area contributed by atoms with Crippen LogP contribution in [0.3, 0.4) is 0 Å². The number of aromatic carboxylic acids is 1. The highest BCUT2D eigenvalue weighted by Gasteiger charge is 2.24. The van der Waals surface area contributed by atoms with E-state index >= 15 is 0 Å². The summed E-state index contributed by atoms with van der Waals surface area (Å²) in [5.74, 6) is -0.902. The number of ether oxygens (including phenoxy) is 1. The molecule has 0 saturated heterocycles. The van der Waals surface area contributed by atoms with Crippen LogP contribution in [0.1, 0.15) is 36.5 Å². The first-order chi connectivity index (χ1) is 14.0. The van der Waals surface area contributed by atoms with Gasteiger partial charge in [-0.15, -0.1) is 0 Å². The van der Waals surface area contributed by atoms with Crippen molar-refractivity contribution < 1.29 is 19.4 Å². The van der Waals surface area contributed by atoms with E-state index < -0.39 is 5.97 Å². The SMILES string of the molecule is CC1=CCC(C(=O)Oc2cccc3cccc(-c4ccccc4C(=O)O)c23)CC1. The van der Waals surface area contributed by atoms with Gasteiger partial charge in [0, 0.05) is 5.39 Å². The van der Waals surface area contributed by atoms with Crippen molar-refractivity contribution in [2.24, 2.45) is 5.92 Å². The fourth-order valence-corrected chi connectivity index (χ4v) is 3.89. The molecular weight excluding hydrogens is 364 g/mol. The molecule has 1 atom stereocenters. The maximum atomic E-state index is 12.8. The van der Waals surface area contributed by atoms with Gasteiger partial charge in [-0.2, -0.15) is 0 Å². The standard InChI is InChI=1S/C25H22O4/c1-16-12-14-18(15-13-16)25(28)29-22-11-5-7-17-6-4-10-20(23(17)22)19-8-2-3-9-21(19)24(26)27/h2-12,18H,13-15H2,1H3,(H,26,27). The maximum absolute atomic E-state index is 12.8. The van der Waals surface area contributed by atoms with Gasteiger partial charge in [0.1, 0.15) is 5.75 Å². The number of carboxylic acid groups (broad SMARTS) is 1. The summed E-state index contributed by atoms with van der Waals surface area (Å²) in [5, 5.41) is 11.3. The predicted octanol–water partition coefficient (Wildman–Crippen LogP) is 5.86. The second-order valence-electron chi connectivity index (χ2n) is 7.45. The molecule has 29 heavy (non-hydrogen) atoms. The number of carboxylic acids is 1. The van der Waals surface area contributed by atoms with E-state index in [1.807, 2.05) is 36.4 Å². The van der Waals surface area contributed by atoms with Crippen LogP contribution in [-0.2, 0) is 4.79 Å². The van der Waals surface area contributed by atoms with E-state index in [2.05, 4.69) is 13.0 Å². The number of carbonyl (C=O) groups excluding carboxylic acids is 1. The quantitative estimate of drug-likeness (QED) is 0.347. The Morgan fingerprint density at radius 2 is 1.69 bits per heavy atom. The Labute approximate surface area is 169 Å². The van der Waals surface area contributed by atoms with E-state index in [1.54, 1.807) is 24.3 Å². The van der Waals surface area contributed by atoms with Gasteiger partial charge < -0.3 is 9.84 Å². The Bertz CT molecular complexity index is 1120. The summed E-state index contributed by atoms with van der Waals surface area (Å²) in [7, 11) is 0. The van der Waals surface area contributed by atoms with E-state index in [1.165, 1.54) is 5.57 Å². The highest BCUT2D eigenvalue weighted by Crippen LogP contribution is 2.37. The van der Waals surface area contributed by atoms with Gasteiger partial charge in [-0.05, 0) is 54.8 Å². The highest BCUT2D eigenvalue weighted by molar-refractivity contribution is 6.06. The molecular formula is C25H22O4. The average molecular weight is 386 g/mol. The number of hydrogen-bond donors (Lipinski definition) is 1. The van der Waals surface area contributed by atoms with E-state index in [0.29, 0.717) is 17.7 Å². The van der Waals surface area contributed by atoms with E-state index in [4.69, 9.17) is 4.74 Å². The lowest BCUT2D eigenvalue weighted by atomic mass is 9.90. The van der Waals surface area contributed by atoms with Crippen molar-refractivity contribution in [2.75, 3.05) is 0 Å². The predicted molar refractivity (Wildman–Crippen MR) is 113 cm³/mol. The first-order valence-corrected chi connectivity index (χ1v) is 9.76. The number of benzene rings is 3. The third kappa shape index (κ3) is 3.79. The van der Waals surface area contributed by atoms with Gasteiger partial charge in [-0.1, -0.05) is 60.2 Å². The summed E-state index contributed by atoms with van der Waals surface area (Å²) in [6.45, 7) is 2.08. The fourth-order valence-electron chi connectivity index (χ4n) is 3.89. The zero-order chi connectivity index (χ0) is 20.4. The molecule has 1 aliphatic carbocycles. The van der Waals surface area contributed by atoms with Crippen LogP contribution in [0.4, 0.5) is 0 Å². The van der Waals surface area contributed by atoms with Crippen LogP contribution in [0.5, 0.6) is 5.75 Å². The Kier molecular flexibility index (Phi) is 5.17. The molecule has 3 aromatic rings. The van der Waals surface area contributed by atoms with Gasteiger partial charge >= 0.3 is 11.9 Å². The molecule has 0 fully saturated rings. The number of hydrogen-bond acceptors (Lipinski definition) is 3. The maximum Gasteiger partial charge on any atom is 0.336 e. The van der Waals surface area contributed by atoms with E-state index in [9.17, 15) is 14.7 Å². The molecule has 0 aromatic heterocycles. The van der Waals surface area contributed by atoms with Crippen molar-refractivity contribution in [1.29, 1.82) is 0 Å². The molecule has 0 amide bonds. The molecule has 146 valence electrons. The number of rotatable bonds is 4. The summed E-state index contributed by atoms with van der Waals surface area (Å²) in [4.78, 5) is 24.5. The molecule has 0 heterocycles. The van der Waals surface area contributed by atoms with Gasteiger partial charge in [-0.3, -0.25) is 4.79 Å². The van der Waals surface area contributed by atoms with E-state index in [0.717, 1.165) is 29.2 Å². The second-order valence-corrected chi connectivity index (χ2v) is 7.45. The zero-order valence-electron chi connectivity index (χ0n) is 16.2. The van der Waals surface area contributed by atoms with Crippen molar-refractivity contribution in [3.05, 3.63) is 77.9 Å². The van der Waals surface area contributed by atoms with Gasteiger partial charge in [0.25, 0.3) is 0 Å². The molecule has 0 spiro atoms. The summed E-state index contributed by atoms with van der Waals surface area (Å²) < 4.78 is 5.85. The molecule has 1 N–H and O–H groups in total. The van der Waals surface area contributed by atoms with Crippen LogP contribution in [0, 0.1) is 5.92 Å². The van der Waals surface area contributed by atoms with Crippen molar-refractivity contribution in [3.8, 4) is 16.9 Å². The number of carbonyl (C=O) groups is 2. The van der Waals surface area contributed by atoms with Gasteiger partial charge in [0.05, 0.1) is 11.5 Å². The minimum Gasteiger partial charge on any atom is -0.478 e. The van der Waals surface area contributed by atoms with Crippen LogP contribution in [0.2, 0.25) is 0 Å². The molecule has 0 aliphatic heterocycles. The zero-order valence-corrected chi connectivity index (χ0v) is 16.2. The fraction of sp³-hybridized carbons (Fsp3) is 0.200. The Morgan fingerprint density at radius 1 is 0.966 bits per heavy atom. The van der Waals surface area contributed by atoms with Gasteiger partial charge in [0.15, 0.2) is 0 Å². The highest BCUT2D eigenvalue weighted by atomic mass is 16.5. The molecule has 4 heteroatoms.